The van der Waals surface area contributed by atoms with Gasteiger partial charge in [-0.25, -0.2) is 4.98 Å². The molecule has 0 spiro atoms. The molecular weight excluding hydrogens is 364 g/mol. The predicted molar refractivity (Wildman–Crippen MR) is 96.7 cm³/mol. The van der Waals surface area contributed by atoms with Crippen LogP contribution >= 0.6 is 15.9 Å². The van der Waals surface area contributed by atoms with E-state index >= 15 is 0 Å². The highest BCUT2D eigenvalue weighted by Crippen LogP contribution is 2.33. The summed E-state index contributed by atoms with van der Waals surface area (Å²) in [6, 6.07) is 20.8. The summed E-state index contributed by atoms with van der Waals surface area (Å²) in [5.41, 5.74) is 9.98. The van der Waals surface area contributed by atoms with E-state index in [9.17, 15) is 5.26 Å². The zero-order valence-corrected chi connectivity index (χ0v) is 14.1. The molecule has 0 radical (unpaired) electrons. The van der Waals surface area contributed by atoms with Crippen LogP contribution in [0.5, 0.6) is 0 Å². The lowest BCUT2D eigenvalue weighted by molar-refractivity contribution is 1.30. The second kappa shape index (κ2) is 6.54. The van der Waals surface area contributed by atoms with Gasteiger partial charge in [-0.05, 0) is 29.8 Å². The maximum Gasteiger partial charge on any atom is 0.142 e. The summed E-state index contributed by atoms with van der Waals surface area (Å²) >= 11 is 3.51. The molecule has 114 valence electrons. The normalized spacial score (nSPS) is 9.96. The van der Waals surface area contributed by atoms with E-state index in [0.29, 0.717) is 22.4 Å². The highest BCUT2D eigenvalue weighted by atomic mass is 79.9. The van der Waals surface area contributed by atoms with Gasteiger partial charge in [0.25, 0.3) is 0 Å². The Labute approximate surface area is 147 Å². The molecule has 0 aliphatic carbocycles. The van der Waals surface area contributed by atoms with Crippen LogP contribution in [0.3, 0.4) is 0 Å². The number of aromatic nitrogens is 1. The summed E-state index contributed by atoms with van der Waals surface area (Å²) in [6.07, 6.45) is 0. The van der Waals surface area contributed by atoms with Crippen molar-refractivity contribution in [2.75, 3.05) is 5.73 Å². The molecule has 2 N–H and O–H groups in total. The van der Waals surface area contributed by atoms with E-state index in [1.54, 1.807) is 24.3 Å². The average molecular weight is 375 g/mol. The van der Waals surface area contributed by atoms with Crippen molar-refractivity contribution in [2.24, 2.45) is 0 Å². The van der Waals surface area contributed by atoms with Crippen molar-refractivity contribution in [3.63, 3.8) is 0 Å². The van der Waals surface area contributed by atoms with Crippen LogP contribution in [0.25, 0.3) is 22.4 Å². The summed E-state index contributed by atoms with van der Waals surface area (Å²) in [6.45, 7) is 0. The van der Waals surface area contributed by atoms with Crippen LogP contribution in [0.1, 0.15) is 11.1 Å². The van der Waals surface area contributed by atoms with E-state index in [4.69, 9.17) is 11.0 Å². The first-order chi connectivity index (χ1) is 11.6. The Morgan fingerprint density at radius 1 is 0.917 bits per heavy atom. The van der Waals surface area contributed by atoms with Crippen molar-refractivity contribution in [1.82, 2.24) is 4.98 Å². The number of halogens is 1. The second-order valence-electron chi connectivity index (χ2n) is 5.10. The molecule has 3 rings (SSSR count). The predicted octanol–water partition coefficient (Wildman–Crippen LogP) is 4.50. The molecule has 0 saturated heterocycles. The fourth-order valence-corrected chi connectivity index (χ4v) is 2.93. The fraction of sp³-hybridized carbons (Fsp3) is 0. The molecule has 1 heterocycles. The second-order valence-corrected chi connectivity index (χ2v) is 5.95. The highest BCUT2D eigenvalue weighted by molar-refractivity contribution is 9.10. The summed E-state index contributed by atoms with van der Waals surface area (Å²) in [4.78, 5) is 4.37. The topological polar surface area (TPSA) is 86.5 Å². The van der Waals surface area contributed by atoms with Crippen molar-refractivity contribution in [3.8, 4) is 34.5 Å². The Bertz CT molecular complexity index is 995. The van der Waals surface area contributed by atoms with Gasteiger partial charge in [0.05, 0.1) is 17.3 Å². The Balaban J connectivity index is 2.23. The summed E-state index contributed by atoms with van der Waals surface area (Å²) < 4.78 is 0.896. The van der Waals surface area contributed by atoms with Gasteiger partial charge in [-0.1, -0.05) is 46.3 Å². The largest absolute Gasteiger partial charge is 0.383 e. The zero-order chi connectivity index (χ0) is 17.1. The maximum absolute atomic E-state index is 9.45. The minimum atomic E-state index is 0.185. The van der Waals surface area contributed by atoms with Gasteiger partial charge in [-0.15, -0.1) is 0 Å². The van der Waals surface area contributed by atoms with Crippen LogP contribution in [0, 0.1) is 22.7 Å². The van der Waals surface area contributed by atoms with E-state index in [0.717, 1.165) is 15.6 Å². The molecule has 0 amide bonds. The molecule has 5 heteroatoms. The number of hydrogen-bond acceptors (Lipinski definition) is 4. The molecule has 4 nitrogen and oxygen atoms in total. The SMILES string of the molecule is N#Cc1ccc(-c2cc(-c3ccccc3Br)nc(N)c2C#N)cc1. The van der Waals surface area contributed by atoms with Crippen molar-refractivity contribution in [3.05, 3.63) is 70.2 Å². The Morgan fingerprint density at radius 3 is 2.25 bits per heavy atom. The molecular formula is C19H11BrN4. The van der Waals surface area contributed by atoms with Crippen LogP contribution < -0.4 is 5.73 Å². The van der Waals surface area contributed by atoms with Gasteiger partial charge in [-0.3, -0.25) is 0 Å². The number of nitrogens with two attached hydrogens (primary N) is 1. The quantitative estimate of drug-likeness (QED) is 0.714. The summed E-state index contributed by atoms with van der Waals surface area (Å²) in [5.74, 6) is 0.185. The van der Waals surface area contributed by atoms with Gasteiger partial charge in [0.15, 0.2) is 0 Å². The van der Waals surface area contributed by atoms with E-state index in [2.05, 4.69) is 33.1 Å². The lowest BCUT2D eigenvalue weighted by atomic mass is 9.98. The van der Waals surface area contributed by atoms with Gasteiger partial charge in [-0.2, -0.15) is 10.5 Å². The first-order valence-corrected chi connectivity index (χ1v) is 7.89. The molecule has 0 bridgehead atoms. The van der Waals surface area contributed by atoms with E-state index in [1.165, 1.54) is 0 Å². The fourth-order valence-electron chi connectivity index (χ4n) is 2.44. The van der Waals surface area contributed by atoms with Crippen LogP contribution in [0.2, 0.25) is 0 Å². The van der Waals surface area contributed by atoms with Gasteiger partial charge in [0, 0.05) is 15.6 Å². The highest BCUT2D eigenvalue weighted by Gasteiger charge is 2.14. The van der Waals surface area contributed by atoms with Crippen LogP contribution in [0.15, 0.2) is 59.1 Å². The molecule has 2 aromatic carbocycles. The van der Waals surface area contributed by atoms with Gasteiger partial charge < -0.3 is 5.73 Å². The van der Waals surface area contributed by atoms with Crippen molar-refractivity contribution < 1.29 is 0 Å². The Morgan fingerprint density at radius 2 is 1.62 bits per heavy atom. The molecule has 0 aliphatic heterocycles. The lowest BCUT2D eigenvalue weighted by Crippen LogP contribution is -2.00. The van der Waals surface area contributed by atoms with Crippen molar-refractivity contribution in [2.45, 2.75) is 0 Å². The molecule has 1 aromatic heterocycles. The minimum Gasteiger partial charge on any atom is -0.383 e. The summed E-state index contributed by atoms with van der Waals surface area (Å²) in [5, 5.41) is 18.4. The molecule has 0 aliphatic rings. The Hall–Kier alpha value is -3.15. The van der Waals surface area contributed by atoms with E-state index in [1.807, 2.05) is 30.3 Å². The Kier molecular flexibility index (Phi) is 4.29. The number of anilines is 1. The zero-order valence-electron chi connectivity index (χ0n) is 12.5. The smallest absolute Gasteiger partial charge is 0.142 e. The molecule has 0 fully saturated rings. The lowest BCUT2D eigenvalue weighted by Gasteiger charge is -2.11. The van der Waals surface area contributed by atoms with Crippen LogP contribution in [-0.2, 0) is 0 Å². The van der Waals surface area contributed by atoms with Crippen molar-refractivity contribution >= 4 is 21.7 Å². The van der Waals surface area contributed by atoms with Gasteiger partial charge in [0.1, 0.15) is 17.5 Å². The number of hydrogen-bond donors (Lipinski definition) is 1. The number of benzene rings is 2. The summed E-state index contributed by atoms with van der Waals surface area (Å²) in [7, 11) is 0. The average Bonchev–Trinajstić information content (AvgIpc) is 2.61. The molecule has 0 atom stereocenters. The first-order valence-electron chi connectivity index (χ1n) is 7.10. The molecule has 24 heavy (non-hydrogen) atoms. The minimum absolute atomic E-state index is 0.185. The third kappa shape index (κ3) is 2.86. The maximum atomic E-state index is 9.45. The third-order valence-electron chi connectivity index (χ3n) is 3.63. The monoisotopic (exact) mass is 374 g/mol. The standard InChI is InChI=1S/C19H11BrN4/c20-17-4-2-1-3-14(17)18-9-15(16(11-22)19(23)24-18)13-7-5-12(10-21)6-8-13/h1-9H,(H2,23,24). The van der Waals surface area contributed by atoms with E-state index in [-0.39, 0.29) is 5.82 Å². The number of nitriles is 2. The molecule has 3 aromatic rings. The number of nitrogen functional groups attached to an aromatic ring is 1. The van der Waals surface area contributed by atoms with Crippen LogP contribution in [0.4, 0.5) is 5.82 Å². The first kappa shape index (κ1) is 15.7. The molecule has 0 saturated carbocycles. The number of pyridine rings is 1. The van der Waals surface area contributed by atoms with Crippen LogP contribution in [-0.4, -0.2) is 4.98 Å². The van der Waals surface area contributed by atoms with E-state index < -0.39 is 0 Å². The number of rotatable bonds is 2. The van der Waals surface area contributed by atoms with Crippen molar-refractivity contribution in [1.29, 1.82) is 10.5 Å². The van der Waals surface area contributed by atoms with Gasteiger partial charge in [0.2, 0.25) is 0 Å². The number of nitrogens with zero attached hydrogens (tertiary/aromatic N) is 3. The van der Waals surface area contributed by atoms with Gasteiger partial charge >= 0.3 is 0 Å². The third-order valence-corrected chi connectivity index (χ3v) is 4.33. The molecule has 0 unspecified atom stereocenters.